The van der Waals surface area contributed by atoms with Gasteiger partial charge in [0, 0.05) is 13.1 Å². The van der Waals surface area contributed by atoms with Crippen LogP contribution in [0.3, 0.4) is 0 Å². The van der Waals surface area contributed by atoms with E-state index < -0.39 is 23.6 Å². The van der Waals surface area contributed by atoms with Crippen LogP contribution < -0.4 is 4.74 Å². The zero-order chi connectivity index (χ0) is 18.4. The van der Waals surface area contributed by atoms with Gasteiger partial charge in [-0.15, -0.1) is 0 Å². The zero-order valence-corrected chi connectivity index (χ0v) is 14.1. The van der Waals surface area contributed by atoms with Gasteiger partial charge in [0.05, 0.1) is 18.8 Å². The van der Waals surface area contributed by atoms with E-state index in [-0.39, 0.29) is 24.4 Å². The third-order valence-electron chi connectivity index (χ3n) is 3.59. The van der Waals surface area contributed by atoms with Crippen LogP contribution in [0.15, 0.2) is 48.5 Å². The number of benzene rings is 2. The monoisotopic (exact) mass is 345 g/mol. The number of ether oxygens (including phenoxy) is 1. The molecule has 2 aromatic rings. The molecule has 5 nitrogen and oxygen atoms in total. The standard InChI is InChI=1S/C19H20FNO4/c1-13(22)11-21(12-14-6-4-3-5-7-14)19(24)18(23)16-10-15(20)8-9-17(16)25-2/h3-10,13,22H,11-12H2,1-2H3/t13-/m0/s1. The first-order valence-corrected chi connectivity index (χ1v) is 7.81. The van der Waals surface area contributed by atoms with Crippen molar-refractivity contribution in [2.24, 2.45) is 0 Å². The van der Waals surface area contributed by atoms with E-state index in [2.05, 4.69) is 0 Å². The van der Waals surface area contributed by atoms with Crippen LogP contribution in [0.5, 0.6) is 5.75 Å². The number of amides is 1. The van der Waals surface area contributed by atoms with Crippen LogP contribution in [-0.4, -0.2) is 41.5 Å². The minimum absolute atomic E-state index is 0.0168. The summed E-state index contributed by atoms with van der Waals surface area (Å²) in [6, 6.07) is 12.5. The molecule has 0 aromatic heterocycles. The maximum Gasteiger partial charge on any atom is 0.295 e. The molecule has 0 saturated heterocycles. The Labute approximate surface area is 145 Å². The molecule has 0 unspecified atom stereocenters. The molecule has 6 heteroatoms. The van der Waals surface area contributed by atoms with Crippen molar-refractivity contribution in [1.29, 1.82) is 0 Å². The van der Waals surface area contributed by atoms with Crippen LogP contribution >= 0.6 is 0 Å². The number of carbonyl (C=O) groups excluding carboxylic acids is 2. The van der Waals surface area contributed by atoms with Gasteiger partial charge in [0.2, 0.25) is 0 Å². The molecule has 1 atom stereocenters. The molecule has 1 amide bonds. The number of Topliss-reactive ketones (excluding diaryl/α,β-unsaturated/α-hetero) is 1. The maximum absolute atomic E-state index is 13.5. The Morgan fingerprint density at radius 1 is 1.20 bits per heavy atom. The molecule has 0 bridgehead atoms. The van der Waals surface area contributed by atoms with E-state index >= 15 is 0 Å². The topological polar surface area (TPSA) is 66.8 Å². The van der Waals surface area contributed by atoms with E-state index in [1.54, 1.807) is 0 Å². The summed E-state index contributed by atoms with van der Waals surface area (Å²) in [5.74, 6) is -2.22. The van der Waals surface area contributed by atoms with Crippen molar-refractivity contribution in [2.45, 2.75) is 19.6 Å². The van der Waals surface area contributed by atoms with Crippen LogP contribution in [0.2, 0.25) is 0 Å². The van der Waals surface area contributed by atoms with Gasteiger partial charge in [0.15, 0.2) is 0 Å². The van der Waals surface area contributed by atoms with Crippen LogP contribution in [0.4, 0.5) is 4.39 Å². The largest absolute Gasteiger partial charge is 0.496 e. The number of hydrogen-bond donors (Lipinski definition) is 1. The SMILES string of the molecule is COc1ccc(F)cc1C(=O)C(=O)N(Cc1ccccc1)C[C@H](C)O. The fourth-order valence-electron chi connectivity index (χ4n) is 2.46. The first-order chi connectivity index (χ1) is 11.9. The number of nitrogens with zero attached hydrogens (tertiary/aromatic N) is 1. The molecule has 0 heterocycles. The zero-order valence-electron chi connectivity index (χ0n) is 14.1. The molecule has 132 valence electrons. The predicted octanol–water partition coefficient (Wildman–Crippen LogP) is 2.43. The number of carbonyl (C=O) groups is 2. The quantitative estimate of drug-likeness (QED) is 0.618. The molecule has 25 heavy (non-hydrogen) atoms. The van der Waals surface area contributed by atoms with Crippen molar-refractivity contribution < 1.29 is 23.8 Å². The van der Waals surface area contributed by atoms with E-state index in [9.17, 15) is 19.1 Å². The number of halogens is 1. The van der Waals surface area contributed by atoms with Crippen LogP contribution in [0.25, 0.3) is 0 Å². The minimum Gasteiger partial charge on any atom is -0.496 e. The lowest BCUT2D eigenvalue weighted by molar-refractivity contribution is -0.128. The normalized spacial score (nSPS) is 11.7. The van der Waals surface area contributed by atoms with Crippen LogP contribution in [0, 0.1) is 5.82 Å². The minimum atomic E-state index is -0.882. The molecule has 0 radical (unpaired) electrons. The highest BCUT2D eigenvalue weighted by atomic mass is 19.1. The number of aliphatic hydroxyl groups is 1. The van der Waals surface area contributed by atoms with Gasteiger partial charge in [-0.2, -0.15) is 0 Å². The molecule has 0 aliphatic rings. The second-order valence-corrected chi connectivity index (χ2v) is 5.69. The van der Waals surface area contributed by atoms with Gasteiger partial charge in [-0.3, -0.25) is 9.59 Å². The first kappa shape index (κ1) is 18.6. The lowest BCUT2D eigenvalue weighted by atomic mass is 10.1. The second kappa shape index (κ2) is 8.39. The number of ketones is 1. The van der Waals surface area contributed by atoms with E-state index in [1.165, 1.54) is 25.0 Å². The number of rotatable bonds is 7. The summed E-state index contributed by atoms with van der Waals surface area (Å²) in [4.78, 5) is 26.5. The number of methoxy groups -OCH3 is 1. The molecule has 0 fully saturated rings. The van der Waals surface area contributed by atoms with E-state index in [4.69, 9.17) is 4.74 Å². The maximum atomic E-state index is 13.5. The summed E-state index contributed by atoms with van der Waals surface area (Å²) < 4.78 is 18.5. The predicted molar refractivity (Wildman–Crippen MR) is 90.8 cm³/mol. The molecule has 2 rings (SSSR count). The summed E-state index contributed by atoms with van der Waals surface area (Å²) in [6.07, 6.45) is -0.810. The summed E-state index contributed by atoms with van der Waals surface area (Å²) in [5.41, 5.74) is 0.673. The highest BCUT2D eigenvalue weighted by Crippen LogP contribution is 2.21. The molecule has 0 aliphatic heterocycles. The van der Waals surface area contributed by atoms with E-state index in [1.807, 2.05) is 30.3 Å². The summed E-state index contributed by atoms with van der Waals surface area (Å²) in [7, 11) is 1.34. The number of aliphatic hydroxyl groups excluding tert-OH is 1. The van der Waals surface area contributed by atoms with Crippen molar-refractivity contribution in [3.8, 4) is 5.75 Å². The number of hydrogen-bond acceptors (Lipinski definition) is 4. The third-order valence-corrected chi connectivity index (χ3v) is 3.59. The van der Waals surface area contributed by atoms with Gasteiger partial charge in [-0.25, -0.2) is 4.39 Å². The molecule has 2 aromatic carbocycles. The van der Waals surface area contributed by atoms with Gasteiger partial charge in [0.1, 0.15) is 11.6 Å². The molecular formula is C19H20FNO4. The fourth-order valence-corrected chi connectivity index (χ4v) is 2.46. The average Bonchev–Trinajstić information content (AvgIpc) is 2.60. The van der Waals surface area contributed by atoms with Crippen molar-refractivity contribution in [3.05, 3.63) is 65.5 Å². The summed E-state index contributed by atoms with van der Waals surface area (Å²) >= 11 is 0. The second-order valence-electron chi connectivity index (χ2n) is 5.69. The van der Waals surface area contributed by atoms with E-state index in [0.717, 1.165) is 17.7 Å². The first-order valence-electron chi connectivity index (χ1n) is 7.81. The molecule has 1 N–H and O–H groups in total. The fraction of sp³-hybridized carbons (Fsp3) is 0.263. The van der Waals surface area contributed by atoms with E-state index in [0.29, 0.717) is 0 Å². The van der Waals surface area contributed by atoms with Crippen molar-refractivity contribution in [3.63, 3.8) is 0 Å². The van der Waals surface area contributed by atoms with Crippen molar-refractivity contribution >= 4 is 11.7 Å². The van der Waals surface area contributed by atoms with Crippen LogP contribution in [0.1, 0.15) is 22.8 Å². The summed E-state index contributed by atoms with van der Waals surface area (Å²) in [6.45, 7) is 1.67. The van der Waals surface area contributed by atoms with Gasteiger partial charge >= 0.3 is 0 Å². The summed E-state index contributed by atoms with van der Waals surface area (Å²) in [5, 5.41) is 9.66. The Bertz CT molecular complexity index is 746. The molecule has 0 spiro atoms. The molecular weight excluding hydrogens is 325 g/mol. The average molecular weight is 345 g/mol. The highest BCUT2D eigenvalue weighted by Gasteiger charge is 2.27. The molecule has 0 aliphatic carbocycles. The Kier molecular flexibility index (Phi) is 6.25. The lowest BCUT2D eigenvalue weighted by Gasteiger charge is -2.24. The Hall–Kier alpha value is -2.73. The lowest BCUT2D eigenvalue weighted by Crippen LogP contribution is -2.40. The van der Waals surface area contributed by atoms with Crippen molar-refractivity contribution in [1.82, 2.24) is 4.90 Å². The smallest absolute Gasteiger partial charge is 0.295 e. The Morgan fingerprint density at radius 3 is 2.48 bits per heavy atom. The Morgan fingerprint density at radius 2 is 1.88 bits per heavy atom. The van der Waals surface area contributed by atoms with Gasteiger partial charge in [0.25, 0.3) is 11.7 Å². The van der Waals surface area contributed by atoms with Gasteiger partial charge < -0.3 is 14.7 Å². The highest BCUT2D eigenvalue weighted by molar-refractivity contribution is 6.43. The molecule has 0 saturated carbocycles. The Balaban J connectivity index is 2.29. The van der Waals surface area contributed by atoms with Crippen molar-refractivity contribution in [2.75, 3.05) is 13.7 Å². The van der Waals surface area contributed by atoms with Crippen LogP contribution in [-0.2, 0) is 11.3 Å². The van der Waals surface area contributed by atoms with Gasteiger partial charge in [-0.1, -0.05) is 30.3 Å². The van der Waals surface area contributed by atoms with Gasteiger partial charge in [-0.05, 0) is 30.7 Å². The third kappa shape index (κ3) is 4.87.